The molecular formula is C25H28N4O4. The summed E-state index contributed by atoms with van der Waals surface area (Å²) in [6.45, 7) is 4.65. The summed E-state index contributed by atoms with van der Waals surface area (Å²) in [6.07, 6.45) is 0.615. The van der Waals surface area contributed by atoms with E-state index >= 15 is 0 Å². The minimum absolute atomic E-state index is 0.152. The molecule has 2 heterocycles. The van der Waals surface area contributed by atoms with Crippen molar-refractivity contribution < 1.29 is 19.0 Å². The maximum absolute atomic E-state index is 13.2. The fourth-order valence-corrected chi connectivity index (χ4v) is 4.55. The van der Waals surface area contributed by atoms with Gasteiger partial charge in [0.1, 0.15) is 0 Å². The monoisotopic (exact) mass is 448 g/mol. The van der Waals surface area contributed by atoms with Crippen molar-refractivity contribution in [1.82, 2.24) is 20.0 Å². The summed E-state index contributed by atoms with van der Waals surface area (Å²) in [6, 6.07) is 13.9. The molecule has 8 heteroatoms. The number of aromatic nitrogens is 2. The molecule has 0 atom stereocenters. The number of para-hydroxylation sites is 1. The van der Waals surface area contributed by atoms with Gasteiger partial charge in [-0.15, -0.1) is 0 Å². The highest BCUT2D eigenvalue weighted by Crippen LogP contribution is 2.44. The molecule has 172 valence electrons. The largest absolute Gasteiger partial charge is 0.493 e. The van der Waals surface area contributed by atoms with E-state index in [0.717, 1.165) is 60.9 Å². The third-order valence-electron chi connectivity index (χ3n) is 6.25. The highest BCUT2D eigenvalue weighted by molar-refractivity contribution is 5.97. The fourth-order valence-electron chi connectivity index (χ4n) is 4.55. The number of hydrogen-bond donors (Lipinski definition) is 1. The molecule has 0 spiro atoms. The molecule has 8 nitrogen and oxygen atoms in total. The van der Waals surface area contributed by atoms with Crippen molar-refractivity contribution in [1.29, 1.82) is 0 Å². The zero-order valence-electron chi connectivity index (χ0n) is 19.0. The lowest BCUT2D eigenvalue weighted by Gasteiger charge is -2.26. The Hall–Kier alpha value is -3.36. The first-order valence-corrected chi connectivity index (χ1v) is 11.2. The number of hydrogen-bond acceptors (Lipinski definition) is 6. The van der Waals surface area contributed by atoms with Crippen LogP contribution in [0.2, 0.25) is 0 Å². The number of carbonyl (C=O) groups is 1. The van der Waals surface area contributed by atoms with Gasteiger partial charge in [-0.25, -0.2) is 4.68 Å². The highest BCUT2D eigenvalue weighted by atomic mass is 16.5. The second kappa shape index (κ2) is 9.25. The van der Waals surface area contributed by atoms with Crippen LogP contribution in [0, 0.1) is 0 Å². The second-order valence-corrected chi connectivity index (χ2v) is 8.17. The number of ether oxygens (including phenoxy) is 3. The second-order valence-electron chi connectivity index (χ2n) is 8.17. The highest BCUT2D eigenvalue weighted by Gasteiger charge is 2.32. The van der Waals surface area contributed by atoms with Crippen LogP contribution in [-0.2, 0) is 11.2 Å². The number of methoxy groups -OCH3 is 2. The molecule has 2 aliphatic rings. The summed E-state index contributed by atoms with van der Waals surface area (Å²) in [4.78, 5) is 15.5. The van der Waals surface area contributed by atoms with E-state index in [1.807, 2.05) is 47.1 Å². The first-order chi connectivity index (χ1) is 16.2. The van der Waals surface area contributed by atoms with E-state index in [1.165, 1.54) is 0 Å². The van der Waals surface area contributed by atoms with Crippen LogP contribution in [0.5, 0.6) is 11.5 Å². The zero-order valence-corrected chi connectivity index (χ0v) is 19.0. The van der Waals surface area contributed by atoms with E-state index in [9.17, 15) is 4.79 Å². The number of morpholine rings is 1. The number of rotatable bonds is 7. The van der Waals surface area contributed by atoms with Crippen LogP contribution in [0.15, 0.2) is 42.5 Å². The van der Waals surface area contributed by atoms with Crippen molar-refractivity contribution >= 4 is 5.91 Å². The molecule has 1 N–H and O–H groups in total. The van der Waals surface area contributed by atoms with E-state index in [2.05, 4.69) is 10.2 Å². The van der Waals surface area contributed by atoms with Gasteiger partial charge in [0.25, 0.3) is 5.91 Å². The SMILES string of the molecule is COc1cc2c(cc1OC)-c1c(c(C(=O)NCCN3CCOCC3)nn1-c1ccccc1)C2. The molecule has 5 rings (SSSR count). The van der Waals surface area contributed by atoms with Crippen molar-refractivity contribution in [3.8, 4) is 28.4 Å². The maximum Gasteiger partial charge on any atom is 0.272 e. The van der Waals surface area contributed by atoms with Crippen LogP contribution < -0.4 is 14.8 Å². The van der Waals surface area contributed by atoms with Gasteiger partial charge in [0.15, 0.2) is 17.2 Å². The molecule has 1 fully saturated rings. The molecule has 1 aliphatic carbocycles. The predicted octanol–water partition coefficient (Wildman–Crippen LogP) is 2.52. The Bertz CT molecular complexity index is 1150. The van der Waals surface area contributed by atoms with Gasteiger partial charge in [0.2, 0.25) is 0 Å². The number of carbonyl (C=O) groups excluding carboxylic acids is 1. The smallest absolute Gasteiger partial charge is 0.272 e. The Morgan fingerprint density at radius 3 is 2.55 bits per heavy atom. The molecule has 33 heavy (non-hydrogen) atoms. The summed E-state index contributed by atoms with van der Waals surface area (Å²) in [5, 5.41) is 7.83. The van der Waals surface area contributed by atoms with Gasteiger partial charge in [-0.05, 0) is 29.8 Å². The minimum Gasteiger partial charge on any atom is -0.493 e. The summed E-state index contributed by atoms with van der Waals surface area (Å²) in [5.41, 5.74) is 5.32. The molecular weight excluding hydrogens is 420 g/mol. The number of fused-ring (bicyclic) bond motifs is 3. The van der Waals surface area contributed by atoms with E-state index in [1.54, 1.807) is 14.2 Å². The number of nitrogens with zero attached hydrogens (tertiary/aromatic N) is 3. The van der Waals surface area contributed by atoms with Gasteiger partial charge in [0, 0.05) is 43.7 Å². The van der Waals surface area contributed by atoms with Crippen LogP contribution >= 0.6 is 0 Å². The normalized spacial score (nSPS) is 15.1. The Morgan fingerprint density at radius 2 is 1.82 bits per heavy atom. The summed E-state index contributed by atoms with van der Waals surface area (Å²) in [7, 11) is 3.26. The van der Waals surface area contributed by atoms with Crippen LogP contribution in [-0.4, -0.2) is 74.2 Å². The van der Waals surface area contributed by atoms with Crippen molar-refractivity contribution in [2.75, 3.05) is 53.6 Å². The van der Waals surface area contributed by atoms with Gasteiger partial charge in [-0.3, -0.25) is 9.69 Å². The number of benzene rings is 2. The summed E-state index contributed by atoms with van der Waals surface area (Å²) >= 11 is 0. The van der Waals surface area contributed by atoms with E-state index in [4.69, 9.17) is 19.3 Å². The van der Waals surface area contributed by atoms with Crippen LogP contribution in [0.1, 0.15) is 21.6 Å². The molecule has 0 unspecified atom stereocenters. The van der Waals surface area contributed by atoms with Crippen molar-refractivity contribution in [3.63, 3.8) is 0 Å². The van der Waals surface area contributed by atoms with Gasteiger partial charge in [-0.1, -0.05) is 18.2 Å². The average Bonchev–Trinajstić information content (AvgIpc) is 3.41. The van der Waals surface area contributed by atoms with Crippen molar-refractivity contribution in [2.45, 2.75) is 6.42 Å². The fraction of sp³-hybridized carbons (Fsp3) is 0.360. The first-order valence-electron chi connectivity index (χ1n) is 11.2. The molecule has 0 saturated carbocycles. The molecule has 0 bridgehead atoms. The standard InChI is InChI=1S/C25H28N4O4/c1-31-21-15-17-14-20-23(25(30)26-8-9-28-10-12-33-13-11-28)27-29(18-6-4-3-5-7-18)24(20)19(17)16-22(21)32-2/h3-7,15-16H,8-14H2,1-2H3,(H,26,30). The van der Waals surface area contributed by atoms with Crippen LogP contribution in [0.4, 0.5) is 0 Å². The molecule has 1 aliphatic heterocycles. The lowest BCUT2D eigenvalue weighted by Crippen LogP contribution is -2.41. The Morgan fingerprint density at radius 1 is 1.09 bits per heavy atom. The lowest BCUT2D eigenvalue weighted by atomic mass is 10.1. The molecule has 0 radical (unpaired) electrons. The van der Waals surface area contributed by atoms with Gasteiger partial charge in [-0.2, -0.15) is 5.10 Å². The molecule has 1 aromatic heterocycles. The van der Waals surface area contributed by atoms with E-state index < -0.39 is 0 Å². The summed E-state index contributed by atoms with van der Waals surface area (Å²) < 4.78 is 18.3. The third kappa shape index (κ3) is 4.07. The zero-order chi connectivity index (χ0) is 22.8. The van der Waals surface area contributed by atoms with Gasteiger partial charge in [0.05, 0.1) is 38.8 Å². The third-order valence-corrected chi connectivity index (χ3v) is 6.25. The first kappa shape index (κ1) is 21.5. The van der Waals surface area contributed by atoms with Gasteiger partial charge < -0.3 is 19.5 Å². The lowest BCUT2D eigenvalue weighted by molar-refractivity contribution is 0.0383. The van der Waals surface area contributed by atoms with E-state index in [0.29, 0.717) is 30.2 Å². The summed E-state index contributed by atoms with van der Waals surface area (Å²) in [5.74, 6) is 1.18. The van der Waals surface area contributed by atoms with Crippen molar-refractivity contribution in [3.05, 3.63) is 59.3 Å². The molecule has 1 saturated heterocycles. The number of nitrogens with one attached hydrogen (secondary N) is 1. The van der Waals surface area contributed by atoms with Crippen molar-refractivity contribution in [2.24, 2.45) is 0 Å². The topological polar surface area (TPSA) is 77.8 Å². The number of amides is 1. The minimum atomic E-state index is -0.152. The maximum atomic E-state index is 13.2. The molecule has 1 amide bonds. The Balaban J connectivity index is 1.48. The van der Waals surface area contributed by atoms with E-state index in [-0.39, 0.29) is 5.91 Å². The predicted molar refractivity (Wildman–Crippen MR) is 125 cm³/mol. The molecule has 3 aromatic rings. The van der Waals surface area contributed by atoms with Crippen LogP contribution in [0.3, 0.4) is 0 Å². The Labute approximate surface area is 193 Å². The molecule has 2 aromatic carbocycles. The van der Waals surface area contributed by atoms with Gasteiger partial charge >= 0.3 is 0 Å². The Kier molecular flexibility index (Phi) is 6.02. The van der Waals surface area contributed by atoms with Crippen LogP contribution in [0.25, 0.3) is 16.9 Å². The quantitative estimate of drug-likeness (QED) is 0.468. The average molecular weight is 449 g/mol.